The van der Waals surface area contributed by atoms with Gasteiger partial charge in [0.2, 0.25) is 0 Å². The quantitative estimate of drug-likeness (QED) is 0.412. The van der Waals surface area contributed by atoms with Crippen LogP contribution in [0, 0.1) is 0 Å². The first-order valence-electron chi connectivity index (χ1n) is 10.0. The Morgan fingerprint density at radius 2 is 1.31 bits per heavy atom. The Morgan fingerprint density at radius 3 is 1.85 bits per heavy atom. The summed E-state index contributed by atoms with van der Waals surface area (Å²) in [6, 6.07) is 24.6. The lowest BCUT2D eigenvalue weighted by Crippen LogP contribution is -2.41. The van der Waals surface area contributed by atoms with Crippen molar-refractivity contribution in [3.05, 3.63) is 71.8 Å². The maximum Gasteiger partial charge on any atom is 0.192 e. The van der Waals surface area contributed by atoms with Gasteiger partial charge in [-0.15, -0.1) is 0 Å². The molecule has 0 radical (unpaired) electrons. The molecule has 2 aromatic carbocycles. The van der Waals surface area contributed by atoms with Gasteiger partial charge in [-0.25, -0.2) is 0 Å². The van der Waals surface area contributed by atoms with Crippen LogP contribution in [-0.4, -0.2) is 21.0 Å². The molecule has 1 atom stereocenters. The van der Waals surface area contributed by atoms with E-state index >= 15 is 0 Å². The number of hydrogen-bond acceptors (Lipinski definition) is 2. The Bertz CT molecular complexity index is 588. The highest BCUT2D eigenvalue weighted by atomic mass is 28.4. The van der Waals surface area contributed by atoms with E-state index in [9.17, 15) is 0 Å². The standard InChI is InChI=1S/C23H34O2Si/c1-4-26(5-2,6-3)25-23(18-17-21-13-9-7-10-14-21)20-24-19-22-15-11-8-12-16-22/h7-16,23H,4-6,17-20H2,1-3H3. The van der Waals surface area contributed by atoms with E-state index in [-0.39, 0.29) is 6.10 Å². The monoisotopic (exact) mass is 370 g/mol. The molecule has 0 aromatic heterocycles. The summed E-state index contributed by atoms with van der Waals surface area (Å²) in [7, 11) is -1.63. The van der Waals surface area contributed by atoms with Crippen molar-refractivity contribution in [1.82, 2.24) is 0 Å². The highest BCUT2D eigenvalue weighted by Crippen LogP contribution is 2.25. The van der Waals surface area contributed by atoms with Crippen molar-refractivity contribution in [3.8, 4) is 0 Å². The van der Waals surface area contributed by atoms with Gasteiger partial charge in [0.1, 0.15) is 0 Å². The molecule has 0 fully saturated rings. The summed E-state index contributed by atoms with van der Waals surface area (Å²) in [5.74, 6) is 0. The van der Waals surface area contributed by atoms with Crippen molar-refractivity contribution < 1.29 is 9.16 Å². The molecule has 0 heterocycles. The van der Waals surface area contributed by atoms with E-state index < -0.39 is 8.32 Å². The van der Waals surface area contributed by atoms with E-state index in [1.165, 1.54) is 29.3 Å². The van der Waals surface area contributed by atoms with Crippen LogP contribution in [0.15, 0.2) is 60.7 Å². The topological polar surface area (TPSA) is 18.5 Å². The Balaban J connectivity index is 1.95. The lowest BCUT2D eigenvalue weighted by Gasteiger charge is -2.33. The van der Waals surface area contributed by atoms with Gasteiger partial charge in [0.25, 0.3) is 0 Å². The minimum absolute atomic E-state index is 0.186. The smallest absolute Gasteiger partial charge is 0.192 e. The maximum atomic E-state index is 6.76. The third kappa shape index (κ3) is 6.71. The summed E-state index contributed by atoms with van der Waals surface area (Å²) >= 11 is 0. The molecule has 2 nitrogen and oxygen atoms in total. The molecule has 0 aliphatic rings. The van der Waals surface area contributed by atoms with Gasteiger partial charge in [0.15, 0.2) is 8.32 Å². The van der Waals surface area contributed by atoms with Crippen LogP contribution in [0.25, 0.3) is 0 Å². The first-order valence-corrected chi connectivity index (χ1v) is 12.6. The molecule has 0 N–H and O–H groups in total. The lowest BCUT2D eigenvalue weighted by molar-refractivity contribution is 0.0319. The first-order chi connectivity index (χ1) is 12.7. The third-order valence-electron chi connectivity index (χ3n) is 5.36. The number of aryl methyl sites for hydroxylation is 1. The second-order valence-electron chi connectivity index (χ2n) is 7.01. The highest BCUT2D eigenvalue weighted by molar-refractivity contribution is 6.73. The molecule has 3 heteroatoms. The van der Waals surface area contributed by atoms with E-state index in [4.69, 9.17) is 9.16 Å². The van der Waals surface area contributed by atoms with Crippen LogP contribution < -0.4 is 0 Å². The van der Waals surface area contributed by atoms with Crippen molar-refractivity contribution in [2.45, 2.75) is 64.5 Å². The number of rotatable bonds is 12. The lowest BCUT2D eigenvalue weighted by atomic mass is 10.1. The van der Waals surface area contributed by atoms with Gasteiger partial charge in [-0.2, -0.15) is 0 Å². The summed E-state index contributed by atoms with van der Waals surface area (Å²) < 4.78 is 12.8. The van der Waals surface area contributed by atoms with Crippen LogP contribution in [0.2, 0.25) is 18.1 Å². The minimum atomic E-state index is -1.63. The predicted octanol–water partition coefficient (Wildman–Crippen LogP) is 6.23. The molecular weight excluding hydrogens is 336 g/mol. The van der Waals surface area contributed by atoms with Gasteiger partial charge >= 0.3 is 0 Å². The molecule has 1 unspecified atom stereocenters. The first kappa shape index (κ1) is 20.9. The molecule has 142 valence electrons. The maximum absolute atomic E-state index is 6.76. The van der Waals surface area contributed by atoms with E-state index in [0.29, 0.717) is 13.2 Å². The van der Waals surface area contributed by atoms with Crippen LogP contribution in [-0.2, 0) is 22.2 Å². The molecule has 0 amide bonds. The Kier molecular flexibility index (Phi) is 9.10. The second kappa shape index (κ2) is 11.3. The SMILES string of the molecule is CC[Si](CC)(CC)OC(CCc1ccccc1)COCc1ccccc1. The average Bonchev–Trinajstić information content (AvgIpc) is 2.71. The fraction of sp³-hybridized carbons (Fsp3) is 0.478. The van der Waals surface area contributed by atoms with E-state index in [1.807, 2.05) is 6.07 Å². The normalized spacial score (nSPS) is 12.9. The van der Waals surface area contributed by atoms with Crippen molar-refractivity contribution in [2.24, 2.45) is 0 Å². The van der Waals surface area contributed by atoms with Crippen molar-refractivity contribution in [1.29, 1.82) is 0 Å². The molecule has 26 heavy (non-hydrogen) atoms. The molecule has 2 rings (SSSR count). The van der Waals surface area contributed by atoms with Crippen molar-refractivity contribution >= 4 is 8.32 Å². The Hall–Kier alpha value is -1.42. The van der Waals surface area contributed by atoms with Crippen LogP contribution in [0.3, 0.4) is 0 Å². The number of benzene rings is 2. The Morgan fingerprint density at radius 1 is 0.769 bits per heavy atom. The van der Waals surface area contributed by atoms with Gasteiger partial charge in [-0.05, 0) is 42.1 Å². The van der Waals surface area contributed by atoms with Crippen molar-refractivity contribution in [3.63, 3.8) is 0 Å². The summed E-state index contributed by atoms with van der Waals surface area (Å²) in [5, 5.41) is 0. The Labute approximate surface area is 160 Å². The average molecular weight is 371 g/mol. The molecule has 0 aliphatic carbocycles. The highest BCUT2D eigenvalue weighted by Gasteiger charge is 2.32. The molecule has 0 bridgehead atoms. The third-order valence-corrected chi connectivity index (χ3v) is 10.1. The minimum Gasteiger partial charge on any atom is -0.412 e. The van der Waals surface area contributed by atoms with E-state index in [2.05, 4.69) is 75.4 Å². The molecule has 0 saturated heterocycles. The van der Waals surface area contributed by atoms with Crippen LogP contribution >= 0.6 is 0 Å². The molecular formula is C23H34O2Si. The summed E-state index contributed by atoms with van der Waals surface area (Å²) in [6.45, 7) is 8.20. The van der Waals surface area contributed by atoms with Gasteiger partial charge in [-0.3, -0.25) is 0 Å². The largest absolute Gasteiger partial charge is 0.412 e. The molecule has 2 aromatic rings. The molecule has 0 spiro atoms. The number of hydrogen-bond donors (Lipinski definition) is 0. The second-order valence-corrected chi connectivity index (χ2v) is 11.7. The fourth-order valence-corrected chi connectivity index (χ4v) is 6.28. The summed E-state index contributed by atoms with van der Waals surface area (Å²) in [4.78, 5) is 0. The van der Waals surface area contributed by atoms with Crippen LogP contribution in [0.4, 0.5) is 0 Å². The van der Waals surface area contributed by atoms with E-state index in [1.54, 1.807) is 0 Å². The summed E-state index contributed by atoms with van der Waals surface area (Å²) in [5.41, 5.74) is 2.60. The molecule has 0 aliphatic heterocycles. The van der Waals surface area contributed by atoms with Crippen LogP contribution in [0.1, 0.15) is 38.3 Å². The van der Waals surface area contributed by atoms with Gasteiger partial charge in [0, 0.05) is 0 Å². The molecule has 0 saturated carbocycles. The van der Waals surface area contributed by atoms with Gasteiger partial charge in [-0.1, -0.05) is 81.4 Å². The zero-order chi connectivity index (χ0) is 18.7. The zero-order valence-electron chi connectivity index (χ0n) is 16.6. The number of ether oxygens (including phenoxy) is 1. The van der Waals surface area contributed by atoms with Gasteiger partial charge in [0.05, 0.1) is 19.3 Å². The van der Waals surface area contributed by atoms with Gasteiger partial charge < -0.3 is 9.16 Å². The predicted molar refractivity (Wildman–Crippen MR) is 113 cm³/mol. The van der Waals surface area contributed by atoms with Crippen LogP contribution in [0.5, 0.6) is 0 Å². The van der Waals surface area contributed by atoms with E-state index in [0.717, 1.165) is 12.8 Å². The zero-order valence-corrected chi connectivity index (χ0v) is 17.6. The van der Waals surface area contributed by atoms with Crippen molar-refractivity contribution in [2.75, 3.05) is 6.61 Å². The fourth-order valence-electron chi connectivity index (χ4n) is 3.38. The summed E-state index contributed by atoms with van der Waals surface area (Å²) in [6.07, 6.45) is 2.25.